The number of halogens is 2. The second-order valence-corrected chi connectivity index (χ2v) is 9.08. The van der Waals surface area contributed by atoms with Crippen molar-refractivity contribution in [2.24, 2.45) is 0 Å². The molecule has 11 heteroatoms. The topological polar surface area (TPSA) is 109 Å². The van der Waals surface area contributed by atoms with E-state index in [-0.39, 0.29) is 17.6 Å². The summed E-state index contributed by atoms with van der Waals surface area (Å²) in [5.74, 6) is -0.570. The Morgan fingerprint density at radius 2 is 1.68 bits per heavy atom. The summed E-state index contributed by atoms with van der Waals surface area (Å²) in [5.41, 5.74) is 5.79. The molecular weight excluding hydrogens is 588 g/mol. The molecule has 3 rings (SSSR count). The van der Waals surface area contributed by atoms with Gasteiger partial charge in [0, 0.05) is 22.1 Å². The zero-order valence-electron chi connectivity index (χ0n) is 17.9. The van der Waals surface area contributed by atoms with Crippen molar-refractivity contribution >= 4 is 83.4 Å². The number of anilines is 1. The van der Waals surface area contributed by atoms with Crippen molar-refractivity contribution in [3.8, 4) is 5.75 Å². The molecule has 0 atom stereocenters. The van der Waals surface area contributed by atoms with Gasteiger partial charge in [0.1, 0.15) is 5.75 Å². The Morgan fingerprint density at radius 1 is 0.941 bits per heavy atom. The largest absolute Gasteiger partial charge is 0.483 e. The Kier molecular flexibility index (Phi) is 8.97. The number of hydrogen-bond donors (Lipinski definition) is 4. The summed E-state index contributed by atoms with van der Waals surface area (Å²) >= 11 is 12.0. The minimum atomic E-state index is -0.495. The average molecular weight is 608 g/mol. The summed E-state index contributed by atoms with van der Waals surface area (Å²) in [6.45, 7) is 1.47. The molecule has 8 nitrogen and oxygen atoms in total. The van der Waals surface area contributed by atoms with E-state index >= 15 is 0 Å². The second-order valence-electron chi connectivity index (χ2n) is 6.97. The Bertz CT molecular complexity index is 1250. The Balaban J connectivity index is 1.46. The highest BCUT2D eigenvalue weighted by Crippen LogP contribution is 2.34. The van der Waals surface area contributed by atoms with Crippen molar-refractivity contribution in [2.75, 3.05) is 11.9 Å². The van der Waals surface area contributed by atoms with Crippen molar-refractivity contribution in [2.45, 2.75) is 13.3 Å². The van der Waals surface area contributed by atoms with Gasteiger partial charge < -0.3 is 10.1 Å². The molecule has 4 N–H and O–H groups in total. The van der Waals surface area contributed by atoms with Gasteiger partial charge in [-0.2, -0.15) is 0 Å². The third-order valence-corrected chi connectivity index (χ3v) is 6.05. The number of fused-ring (bicyclic) bond motifs is 1. The van der Waals surface area contributed by atoms with E-state index in [1.54, 1.807) is 37.3 Å². The molecule has 0 aromatic heterocycles. The molecular formula is C23H20Br2N4O4S. The van der Waals surface area contributed by atoms with Gasteiger partial charge in [0.25, 0.3) is 11.8 Å². The van der Waals surface area contributed by atoms with Crippen LogP contribution < -0.4 is 26.2 Å². The fraction of sp³-hybridized carbons (Fsp3) is 0.130. The maximum atomic E-state index is 12.2. The molecule has 3 aromatic rings. The maximum Gasteiger partial charge on any atom is 0.269 e. The van der Waals surface area contributed by atoms with Gasteiger partial charge in [0.2, 0.25) is 5.91 Å². The predicted octanol–water partition coefficient (Wildman–Crippen LogP) is 4.43. The van der Waals surface area contributed by atoms with E-state index < -0.39 is 11.8 Å². The number of hydrogen-bond acceptors (Lipinski definition) is 5. The standard InChI is InChI=1S/C23H20Br2N4O4S/c1-2-19(30)26-16-7-3-13(4-8-16)22(32)28-29-23(34)27-20(31)12-33-18-10-5-14-11-15(24)6-9-17(14)21(18)25/h3-11H,2,12H2,1H3,(H,26,30)(H,28,32)(H2,27,29,31,34). The summed E-state index contributed by atoms with van der Waals surface area (Å²) in [6.07, 6.45) is 0.359. The van der Waals surface area contributed by atoms with Gasteiger partial charge in [-0.25, -0.2) is 0 Å². The molecule has 0 spiro atoms. The first kappa shape index (κ1) is 25.6. The molecule has 3 amide bonds. The first-order chi connectivity index (χ1) is 16.3. The number of carbonyl (C=O) groups is 3. The fourth-order valence-electron chi connectivity index (χ4n) is 2.83. The van der Waals surface area contributed by atoms with E-state index in [1.165, 1.54) is 0 Å². The molecule has 0 saturated carbocycles. The normalized spacial score (nSPS) is 10.3. The lowest BCUT2D eigenvalue weighted by Crippen LogP contribution is -2.49. The maximum absolute atomic E-state index is 12.2. The highest BCUT2D eigenvalue weighted by molar-refractivity contribution is 9.11. The van der Waals surface area contributed by atoms with Crippen molar-refractivity contribution in [3.05, 3.63) is 69.1 Å². The fourth-order valence-corrected chi connectivity index (χ4v) is 3.98. The van der Waals surface area contributed by atoms with Crippen molar-refractivity contribution < 1.29 is 19.1 Å². The minimum Gasteiger partial charge on any atom is -0.483 e. The molecule has 0 aliphatic rings. The first-order valence-corrected chi connectivity index (χ1v) is 12.1. The van der Waals surface area contributed by atoms with Crippen LogP contribution in [0.1, 0.15) is 23.7 Å². The Hall–Kier alpha value is -3.02. The molecule has 0 aliphatic heterocycles. The van der Waals surface area contributed by atoms with E-state index in [0.717, 1.165) is 19.7 Å². The first-order valence-electron chi connectivity index (χ1n) is 10.1. The van der Waals surface area contributed by atoms with E-state index in [4.69, 9.17) is 17.0 Å². The van der Waals surface area contributed by atoms with Gasteiger partial charge in [0.15, 0.2) is 11.7 Å². The van der Waals surface area contributed by atoms with Crippen LogP contribution in [0.5, 0.6) is 5.75 Å². The molecule has 0 bridgehead atoms. The quantitative estimate of drug-likeness (QED) is 0.244. The predicted molar refractivity (Wildman–Crippen MR) is 142 cm³/mol. The molecule has 0 radical (unpaired) electrons. The lowest BCUT2D eigenvalue weighted by atomic mass is 10.1. The van der Waals surface area contributed by atoms with E-state index in [9.17, 15) is 14.4 Å². The third kappa shape index (κ3) is 6.99. The van der Waals surface area contributed by atoms with E-state index in [1.807, 2.05) is 24.3 Å². The van der Waals surface area contributed by atoms with Gasteiger partial charge in [-0.15, -0.1) is 0 Å². The summed E-state index contributed by atoms with van der Waals surface area (Å²) < 4.78 is 7.30. The van der Waals surface area contributed by atoms with Crippen LogP contribution in [0.15, 0.2) is 63.5 Å². The second kappa shape index (κ2) is 11.9. The summed E-state index contributed by atoms with van der Waals surface area (Å²) in [6, 6.07) is 15.8. The van der Waals surface area contributed by atoms with Crippen LogP contribution in [0, 0.1) is 0 Å². The molecule has 0 unspecified atom stereocenters. The van der Waals surface area contributed by atoms with Crippen LogP contribution in [0.3, 0.4) is 0 Å². The van der Waals surface area contributed by atoms with Gasteiger partial charge in [-0.3, -0.25) is 30.6 Å². The number of nitrogens with one attached hydrogen (secondary N) is 4. The zero-order chi connectivity index (χ0) is 24.7. The molecule has 34 heavy (non-hydrogen) atoms. The summed E-state index contributed by atoms with van der Waals surface area (Å²) in [4.78, 5) is 35.8. The molecule has 3 aromatic carbocycles. The van der Waals surface area contributed by atoms with Gasteiger partial charge >= 0.3 is 0 Å². The SMILES string of the molecule is CCC(=O)Nc1ccc(C(=O)NNC(=S)NC(=O)COc2ccc3cc(Br)ccc3c2Br)cc1. The molecule has 0 saturated heterocycles. The smallest absolute Gasteiger partial charge is 0.269 e. The monoisotopic (exact) mass is 606 g/mol. The van der Waals surface area contributed by atoms with Crippen molar-refractivity contribution in [3.63, 3.8) is 0 Å². The number of ether oxygens (including phenoxy) is 1. The Labute approximate surface area is 218 Å². The van der Waals surface area contributed by atoms with Crippen LogP contribution in [0.25, 0.3) is 10.8 Å². The molecule has 0 aliphatic carbocycles. The minimum absolute atomic E-state index is 0.0868. The molecule has 0 fully saturated rings. The third-order valence-electron chi connectivity index (χ3n) is 4.53. The number of hydrazine groups is 1. The molecule has 0 heterocycles. The van der Waals surface area contributed by atoms with Crippen LogP contribution in [0.4, 0.5) is 5.69 Å². The van der Waals surface area contributed by atoms with E-state index in [2.05, 4.69) is 53.3 Å². The van der Waals surface area contributed by atoms with Crippen molar-refractivity contribution in [1.29, 1.82) is 0 Å². The number of benzene rings is 3. The Morgan fingerprint density at radius 3 is 2.38 bits per heavy atom. The van der Waals surface area contributed by atoms with Crippen LogP contribution in [-0.4, -0.2) is 29.4 Å². The van der Waals surface area contributed by atoms with Crippen LogP contribution >= 0.6 is 44.1 Å². The van der Waals surface area contributed by atoms with E-state index in [0.29, 0.717) is 23.4 Å². The number of amides is 3. The molecule has 176 valence electrons. The van der Waals surface area contributed by atoms with Gasteiger partial charge in [-0.1, -0.05) is 35.0 Å². The highest BCUT2D eigenvalue weighted by Gasteiger charge is 2.11. The number of thiocarbonyl (C=S) groups is 1. The van der Waals surface area contributed by atoms with Gasteiger partial charge in [0.05, 0.1) is 4.47 Å². The average Bonchev–Trinajstić information content (AvgIpc) is 2.82. The van der Waals surface area contributed by atoms with Crippen LogP contribution in [0.2, 0.25) is 0 Å². The lowest BCUT2D eigenvalue weighted by molar-refractivity contribution is -0.121. The highest BCUT2D eigenvalue weighted by atomic mass is 79.9. The van der Waals surface area contributed by atoms with Gasteiger partial charge in [-0.05, 0) is 81.4 Å². The zero-order valence-corrected chi connectivity index (χ0v) is 21.9. The summed E-state index contributed by atoms with van der Waals surface area (Å²) in [5, 5.41) is 7.00. The number of rotatable bonds is 6. The van der Waals surface area contributed by atoms with Crippen LogP contribution in [-0.2, 0) is 9.59 Å². The van der Waals surface area contributed by atoms with Crippen molar-refractivity contribution in [1.82, 2.24) is 16.2 Å². The number of carbonyl (C=O) groups excluding carboxylic acids is 3. The summed E-state index contributed by atoms with van der Waals surface area (Å²) in [7, 11) is 0. The lowest BCUT2D eigenvalue weighted by Gasteiger charge is -2.13.